The number of carbonyl (C=O) groups excluding carboxylic acids is 1. The van der Waals surface area contributed by atoms with Crippen LogP contribution >= 0.6 is 0 Å². The predicted molar refractivity (Wildman–Crippen MR) is 54.3 cm³/mol. The third-order valence-corrected chi connectivity index (χ3v) is 2.58. The summed E-state index contributed by atoms with van der Waals surface area (Å²) in [6.07, 6.45) is 4.96. The molecule has 0 aliphatic heterocycles. The molecule has 5 nitrogen and oxygen atoms in total. The van der Waals surface area contributed by atoms with Gasteiger partial charge < -0.3 is 15.0 Å². The Labute approximate surface area is 88.1 Å². The summed E-state index contributed by atoms with van der Waals surface area (Å²) in [7, 11) is 1.81. The molecule has 1 fully saturated rings. The summed E-state index contributed by atoms with van der Waals surface area (Å²) < 4.78 is 1.71. The van der Waals surface area contributed by atoms with Crippen molar-refractivity contribution in [1.29, 1.82) is 0 Å². The molecule has 0 radical (unpaired) electrons. The number of aliphatic hydroxyl groups excluding tert-OH is 1. The van der Waals surface area contributed by atoms with Gasteiger partial charge in [0, 0.05) is 19.8 Å². The Kier molecular flexibility index (Phi) is 2.73. The van der Waals surface area contributed by atoms with Gasteiger partial charge in [-0.1, -0.05) is 0 Å². The summed E-state index contributed by atoms with van der Waals surface area (Å²) in [6, 6.07) is 0. The molecule has 0 bridgehead atoms. The Morgan fingerprint density at radius 2 is 2.53 bits per heavy atom. The summed E-state index contributed by atoms with van der Waals surface area (Å²) in [5, 5.41) is 12.2. The fraction of sp³-hybridized carbons (Fsp3) is 0.600. The first-order chi connectivity index (χ1) is 7.16. The lowest BCUT2D eigenvalue weighted by Gasteiger charge is -2.09. The molecule has 0 saturated heterocycles. The molecule has 1 aromatic heterocycles. The zero-order valence-electron chi connectivity index (χ0n) is 8.68. The number of hydrogen-bond acceptors (Lipinski definition) is 3. The van der Waals surface area contributed by atoms with Crippen molar-refractivity contribution in [2.24, 2.45) is 13.0 Å². The maximum absolute atomic E-state index is 11.5. The van der Waals surface area contributed by atoms with Crippen molar-refractivity contribution in [3.63, 3.8) is 0 Å². The van der Waals surface area contributed by atoms with Crippen LogP contribution in [0.2, 0.25) is 0 Å². The maximum Gasteiger partial charge on any atom is 0.271 e. The average Bonchev–Trinajstić information content (AvgIpc) is 2.97. The van der Waals surface area contributed by atoms with Crippen LogP contribution in [0.5, 0.6) is 0 Å². The largest absolute Gasteiger partial charge is 0.391 e. The topological polar surface area (TPSA) is 67.2 Å². The van der Waals surface area contributed by atoms with Crippen LogP contribution in [0.1, 0.15) is 23.3 Å². The normalized spacial score (nSPS) is 17.5. The van der Waals surface area contributed by atoms with Gasteiger partial charge in [0.25, 0.3) is 5.91 Å². The molecule has 1 saturated carbocycles. The lowest BCUT2D eigenvalue weighted by atomic mass is 10.2. The van der Waals surface area contributed by atoms with Crippen LogP contribution in [-0.4, -0.2) is 33.2 Å². The van der Waals surface area contributed by atoms with E-state index >= 15 is 0 Å². The minimum absolute atomic E-state index is 0.227. The van der Waals surface area contributed by atoms with Crippen LogP contribution in [0.15, 0.2) is 12.5 Å². The minimum atomic E-state index is -0.405. The van der Waals surface area contributed by atoms with Gasteiger partial charge in [-0.15, -0.1) is 0 Å². The third-order valence-electron chi connectivity index (χ3n) is 2.58. The van der Waals surface area contributed by atoms with Crippen molar-refractivity contribution in [3.05, 3.63) is 18.2 Å². The van der Waals surface area contributed by atoms with E-state index in [0.29, 0.717) is 18.2 Å². The van der Waals surface area contributed by atoms with E-state index in [1.807, 2.05) is 7.05 Å². The van der Waals surface area contributed by atoms with Gasteiger partial charge in [0.2, 0.25) is 0 Å². The third kappa shape index (κ3) is 2.56. The summed E-state index contributed by atoms with van der Waals surface area (Å²) in [5.74, 6) is 0.157. The molecule has 0 aromatic carbocycles. The first-order valence-corrected chi connectivity index (χ1v) is 5.11. The first-order valence-electron chi connectivity index (χ1n) is 5.11. The minimum Gasteiger partial charge on any atom is -0.391 e. The fourth-order valence-electron chi connectivity index (χ4n) is 1.47. The Bertz CT molecular complexity index is 357. The molecule has 15 heavy (non-hydrogen) atoms. The number of amides is 1. The Balaban J connectivity index is 1.81. The van der Waals surface area contributed by atoms with E-state index in [9.17, 15) is 9.90 Å². The Morgan fingerprint density at radius 1 is 1.80 bits per heavy atom. The Hall–Kier alpha value is -1.36. The number of aromatic nitrogens is 2. The molecule has 2 rings (SSSR count). The van der Waals surface area contributed by atoms with E-state index < -0.39 is 6.10 Å². The lowest BCUT2D eigenvalue weighted by molar-refractivity contribution is 0.0896. The number of aryl methyl sites for hydroxylation is 1. The van der Waals surface area contributed by atoms with E-state index in [1.165, 1.54) is 0 Å². The second-order valence-electron chi connectivity index (χ2n) is 4.04. The van der Waals surface area contributed by atoms with E-state index in [1.54, 1.807) is 17.1 Å². The smallest absolute Gasteiger partial charge is 0.271 e. The molecule has 2 N–H and O–H groups in total. The van der Waals surface area contributed by atoms with Crippen molar-refractivity contribution in [3.8, 4) is 0 Å². The van der Waals surface area contributed by atoms with Gasteiger partial charge in [-0.2, -0.15) is 0 Å². The molecule has 1 unspecified atom stereocenters. The molecule has 5 heteroatoms. The molecule has 1 amide bonds. The van der Waals surface area contributed by atoms with E-state index in [4.69, 9.17) is 0 Å². The van der Waals surface area contributed by atoms with Gasteiger partial charge in [0.1, 0.15) is 5.69 Å². The molecular formula is C10H15N3O2. The van der Waals surface area contributed by atoms with E-state index in [0.717, 1.165) is 12.8 Å². The average molecular weight is 209 g/mol. The van der Waals surface area contributed by atoms with Crippen molar-refractivity contribution < 1.29 is 9.90 Å². The zero-order valence-corrected chi connectivity index (χ0v) is 8.68. The molecule has 1 aromatic rings. The van der Waals surface area contributed by atoms with Crippen LogP contribution in [0.25, 0.3) is 0 Å². The maximum atomic E-state index is 11.5. The van der Waals surface area contributed by atoms with Gasteiger partial charge in [-0.05, 0) is 18.8 Å². The van der Waals surface area contributed by atoms with E-state index in [-0.39, 0.29) is 5.91 Å². The number of carbonyl (C=O) groups is 1. The fourth-order valence-corrected chi connectivity index (χ4v) is 1.47. The van der Waals surface area contributed by atoms with Crippen LogP contribution in [-0.2, 0) is 7.05 Å². The molecule has 1 aliphatic rings. The molecule has 1 aliphatic carbocycles. The zero-order chi connectivity index (χ0) is 10.8. The number of aliphatic hydroxyl groups is 1. The predicted octanol–water partition coefficient (Wildman–Crippen LogP) is -0.0792. The van der Waals surface area contributed by atoms with Crippen molar-refractivity contribution in [1.82, 2.24) is 14.9 Å². The van der Waals surface area contributed by atoms with Crippen LogP contribution in [0, 0.1) is 5.92 Å². The number of hydrogen-bond donors (Lipinski definition) is 2. The SMILES string of the molecule is Cn1cnc(C(=O)NCC(O)C2CC2)c1. The number of imidazole rings is 1. The van der Waals surface area contributed by atoms with E-state index in [2.05, 4.69) is 10.3 Å². The van der Waals surface area contributed by atoms with Gasteiger partial charge in [0.05, 0.1) is 12.4 Å². The summed E-state index contributed by atoms with van der Waals surface area (Å²) in [4.78, 5) is 15.4. The van der Waals surface area contributed by atoms with Gasteiger partial charge in [0.15, 0.2) is 0 Å². The quantitative estimate of drug-likeness (QED) is 0.729. The summed E-state index contributed by atoms with van der Waals surface area (Å²) in [5.41, 5.74) is 0.389. The van der Waals surface area contributed by atoms with Gasteiger partial charge in [-0.25, -0.2) is 4.98 Å². The van der Waals surface area contributed by atoms with Crippen LogP contribution < -0.4 is 5.32 Å². The van der Waals surface area contributed by atoms with Gasteiger partial charge >= 0.3 is 0 Å². The van der Waals surface area contributed by atoms with Crippen LogP contribution in [0.3, 0.4) is 0 Å². The highest BCUT2D eigenvalue weighted by atomic mass is 16.3. The number of nitrogens with one attached hydrogen (secondary N) is 1. The first kappa shape index (κ1) is 10.2. The highest BCUT2D eigenvalue weighted by Crippen LogP contribution is 2.32. The number of nitrogens with zero attached hydrogens (tertiary/aromatic N) is 2. The molecule has 82 valence electrons. The van der Waals surface area contributed by atoms with Crippen LogP contribution in [0.4, 0.5) is 0 Å². The highest BCUT2D eigenvalue weighted by molar-refractivity contribution is 5.91. The second-order valence-corrected chi connectivity index (χ2v) is 4.04. The molecule has 0 spiro atoms. The van der Waals surface area contributed by atoms with Crippen molar-refractivity contribution in [2.45, 2.75) is 18.9 Å². The monoisotopic (exact) mass is 209 g/mol. The molecular weight excluding hydrogens is 194 g/mol. The lowest BCUT2D eigenvalue weighted by Crippen LogP contribution is -2.33. The standard InChI is InChI=1S/C10H15N3O2/c1-13-5-8(12-6-13)10(15)11-4-9(14)7-2-3-7/h5-7,9,14H,2-4H2,1H3,(H,11,15). The summed E-state index contributed by atoms with van der Waals surface area (Å²) in [6.45, 7) is 0.320. The highest BCUT2D eigenvalue weighted by Gasteiger charge is 2.29. The van der Waals surface area contributed by atoms with Crippen molar-refractivity contribution in [2.75, 3.05) is 6.54 Å². The number of rotatable bonds is 4. The van der Waals surface area contributed by atoms with Gasteiger partial charge in [-0.3, -0.25) is 4.79 Å². The second kappa shape index (κ2) is 4.02. The molecule has 1 atom stereocenters. The molecule has 1 heterocycles. The Morgan fingerprint density at radius 3 is 3.07 bits per heavy atom. The van der Waals surface area contributed by atoms with Crippen molar-refractivity contribution >= 4 is 5.91 Å². The summed E-state index contributed by atoms with van der Waals surface area (Å²) >= 11 is 0.